The topological polar surface area (TPSA) is 21.3 Å². The van der Waals surface area contributed by atoms with E-state index in [2.05, 4.69) is 61.1 Å². The van der Waals surface area contributed by atoms with Crippen LogP contribution < -0.4 is 10.1 Å². The van der Waals surface area contributed by atoms with Gasteiger partial charge in [-0.25, -0.2) is 0 Å². The van der Waals surface area contributed by atoms with Gasteiger partial charge in [0.2, 0.25) is 0 Å². The van der Waals surface area contributed by atoms with E-state index in [1.165, 1.54) is 12.0 Å². The van der Waals surface area contributed by atoms with E-state index in [9.17, 15) is 0 Å². The van der Waals surface area contributed by atoms with Crippen LogP contribution in [0.25, 0.3) is 0 Å². The summed E-state index contributed by atoms with van der Waals surface area (Å²) in [6, 6.07) is 6.90. The van der Waals surface area contributed by atoms with Crippen LogP contribution >= 0.6 is 15.9 Å². The molecule has 3 heteroatoms. The first-order chi connectivity index (χ1) is 9.38. The second-order valence-electron chi connectivity index (χ2n) is 6.38. The third kappa shape index (κ3) is 5.45. The lowest BCUT2D eigenvalue weighted by Crippen LogP contribution is -2.41. The number of hydrogen-bond donors (Lipinski definition) is 1. The van der Waals surface area contributed by atoms with Crippen molar-refractivity contribution < 1.29 is 4.74 Å². The lowest BCUT2D eigenvalue weighted by atomic mass is 9.83. The fourth-order valence-electron chi connectivity index (χ4n) is 2.34. The van der Waals surface area contributed by atoms with Crippen LogP contribution in [0.5, 0.6) is 5.75 Å². The molecule has 0 aliphatic rings. The van der Waals surface area contributed by atoms with Gasteiger partial charge in [-0.15, -0.1) is 0 Å². The maximum absolute atomic E-state index is 5.27. The quantitative estimate of drug-likeness (QED) is 0.768. The lowest BCUT2D eigenvalue weighted by molar-refractivity contribution is 0.255. The van der Waals surface area contributed by atoms with E-state index in [4.69, 9.17) is 4.74 Å². The summed E-state index contributed by atoms with van der Waals surface area (Å²) in [5, 5.41) is 3.68. The molecule has 1 unspecified atom stereocenters. The summed E-state index contributed by atoms with van der Waals surface area (Å²) in [7, 11) is 1.70. The van der Waals surface area contributed by atoms with E-state index < -0.39 is 0 Å². The van der Waals surface area contributed by atoms with Gasteiger partial charge in [0.25, 0.3) is 0 Å². The molecule has 0 aromatic heterocycles. The second kappa shape index (κ2) is 8.04. The summed E-state index contributed by atoms with van der Waals surface area (Å²) >= 11 is 3.56. The Bertz CT molecular complexity index is 412. The van der Waals surface area contributed by atoms with Crippen molar-refractivity contribution in [1.82, 2.24) is 5.32 Å². The maximum Gasteiger partial charge on any atom is 0.133 e. The molecule has 0 radical (unpaired) electrons. The molecule has 0 bridgehead atoms. The van der Waals surface area contributed by atoms with E-state index in [0.717, 1.165) is 29.6 Å². The molecule has 2 nitrogen and oxygen atoms in total. The lowest BCUT2D eigenvalue weighted by Gasteiger charge is -2.32. The zero-order chi connectivity index (χ0) is 15.2. The van der Waals surface area contributed by atoms with Crippen LogP contribution in [0, 0.1) is 5.41 Å². The Morgan fingerprint density at radius 2 is 2.00 bits per heavy atom. The Balaban J connectivity index is 2.65. The number of halogens is 1. The van der Waals surface area contributed by atoms with Crippen LogP contribution in [-0.4, -0.2) is 19.7 Å². The van der Waals surface area contributed by atoms with Crippen LogP contribution in [0.15, 0.2) is 22.7 Å². The van der Waals surface area contributed by atoms with Crippen molar-refractivity contribution in [2.24, 2.45) is 5.41 Å². The van der Waals surface area contributed by atoms with Gasteiger partial charge in [-0.1, -0.05) is 33.8 Å². The fraction of sp³-hybridized carbons (Fsp3) is 0.647. The molecule has 1 aromatic carbocycles. The van der Waals surface area contributed by atoms with Gasteiger partial charge in [-0.3, -0.25) is 0 Å². The molecule has 0 aliphatic heterocycles. The zero-order valence-corrected chi connectivity index (χ0v) is 15.0. The molecule has 0 amide bonds. The number of aryl methyl sites for hydroxylation is 1. The molecule has 0 saturated heterocycles. The van der Waals surface area contributed by atoms with Gasteiger partial charge in [-0.05, 0) is 64.8 Å². The number of rotatable bonds is 7. The normalized spacial score (nSPS) is 13.3. The summed E-state index contributed by atoms with van der Waals surface area (Å²) in [6.07, 6.45) is 3.42. The highest BCUT2D eigenvalue weighted by atomic mass is 79.9. The highest BCUT2D eigenvalue weighted by Crippen LogP contribution is 2.28. The Labute approximate surface area is 132 Å². The third-order valence-corrected chi connectivity index (χ3v) is 4.24. The van der Waals surface area contributed by atoms with Crippen LogP contribution in [-0.2, 0) is 6.42 Å². The van der Waals surface area contributed by atoms with Crippen molar-refractivity contribution in [3.05, 3.63) is 28.2 Å². The van der Waals surface area contributed by atoms with Gasteiger partial charge in [0, 0.05) is 6.04 Å². The van der Waals surface area contributed by atoms with E-state index in [1.54, 1.807) is 7.11 Å². The van der Waals surface area contributed by atoms with Crippen molar-refractivity contribution in [2.45, 2.75) is 53.0 Å². The smallest absolute Gasteiger partial charge is 0.133 e. The highest BCUT2D eigenvalue weighted by Gasteiger charge is 2.23. The van der Waals surface area contributed by atoms with E-state index in [1.807, 2.05) is 6.07 Å². The largest absolute Gasteiger partial charge is 0.496 e. The molecule has 1 rings (SSSR count). The van der Waals surface area contributed by atoms with Crippen molar-refractivity contribution in [2.75, 3.05) is 13.7 Å². The number of ether oxygens (including phenoxy) is 1. The van der Waals surface area contributed by atoms with Gasteiger partial charge in [0.05, 0.1) is 11.6 Å². The van der Waals surface area contributed by atoms with Crippen LogP contribution in [0.1, 0.15) is 46.1 Å². The van der Waals surface area contributed by atoms with E-state index in [-0.39, 0.29) is 0 Å². The average molecular weight is 342 g/mol. The van der Waals surface area contributed by atoms with Gasteiger partial charge < -0.3 is 10.1 Å². The molecular formula is C17H28BrNO. The van der Waals surface area contributed by atoms with E-state index in [0.29, 0.717) is 11.5 Å². The summed E-state index contributed by atoms with van der Waals surface area (Å²) < 4.78 is 6.31. The SMILES string of the molecule is CCCNC(CCc1ccc(OC)c(Br)c1)C(C)(C)C. The predicted octanol–water partition coefficient (Wildman–Crippen LogP) is 4.80. The molecule has 114 valence electrons. The van der Waals surface area contributed by atoms with E-state index >= 15 is 0 Å². The van der Waals surface area contributed by atoms with Crippen molar-refractivity contribution in [1.29, 1.82) is 0 Å². The Hall–Kier alpha value is -0.540. The second-order valence-corrected chi connectivity index (χ2v) is 7.23. The molecule has 0 fully saturated rings. The predicted molar refractivity (Wildman–Crippen MR) is 90.6 cm³/mol. The highest BCUT2D eigenvalue weighted by molar-refractivity contribution is 9.10. The summed E-state index contributed by atoms with van der Waals surface area (Å²) in [5.74, 6) is 0.894. The van der Waals surface area contributed by atoms with Crippen molar-refractivity contribution in [3.63, 3.8) is 0 Å². The standard InChI is InChI=1S/C17H28BrNO/c1-6-11-19-16(17(2,3)4)10-8-13-7-9-15(20-5)14(18)12-13/h7,9,12,16,19H,6,8,10-11H2,1-5H3. The summed E-state index contributed by atoms with van der Waals surface area (Å²) in [6.45, 7) is 10.2. The molecule has 0 spiro atoms. The van der Waals surface area contributed by atoms with Gasteiger partial charge in [0.15, 0.2) is 0 Å². The van der Waals surface area contributed by atoms with Gasteiger partial charge in [0.1, 0.15) is 5.75 Å². The first-order valence-electron chi connectivity index (χ1n) is 7.44. The monoisotopic (exact) mass is 341 g/mol. The molecular weight excluding hydrogens is 314 g/mol. The number of hydrogen-bond acceptors (Lipinski definition) is 2. The molecule has 0 heterocycles. The molecule has 20 heavy (non-hydrogen) atoms. The molecule has 1 atom stereocenters. The van der Waals surface area contributed by atoms with Gasteiger partial charge in [-0.2, -0.15) is 0 Å². The van der Waals surface area contributed by atoms with Crippen molar-refractivity contribution in [3.8, 4) is 5.75 Å². The molecule has 0 saturated carbocycles. The Morgan fingerprint density at radius 3 is 2.50 bits per heavy atom. The minimum atomic E-state index is 0.291. The summed E-state index contributed by atoms with van der Waals surface area (Å²) in [4.78, 5) is 0. The number of nitrogens with one attached hydrogen (secondary N) is 1. The fourth-order valence-corrected chi connectivity index (χ4v) is 2.92. The molecule has 1 aromatic rings. The average Bonchev–Trinajstić information content (AvgIpc) is 2.37. The number of benzene rings is 1. The summed E-state index contributed by atoms with van der Waals surface area (Å²) in [5.41, 5.74) is 1.64. The molecule has 0 aliphatic carbocycles. The first-order valence-corrected chi connectivity index (χ1v) is 8.23. The zero-order valence-electron chi connectivity index (χ0n) is 13.4. The molecule has 1 N–H and O–H groups in total. The minimum absolute atomic E-state index is 0.291. The van der Waals surface area contributed by atoms with Crippen LogP contribution in [0.4, 0.5) is 0 Å². The maximum atomic E-state index is 5.27. The third-order valence-electron chi connectivity index (χ3n) is 3.62. The van der Waals surface area contributed by atoms with Crippen molar-refractivity contribution >= 4 is 15.9 Å². The van der Waals surface area contributed by atoms with Crippen LogP contribution in [0.2, 0.25) is 0 Å². The van der Waals surface area contributed by atoms with Crippen LogP contribution in [0.3, 0.4) is 0 Å². The minimum Gasteiger partial charge on any atom is -0.496 e. The first kappa shape index (κ1) is 17.5. The Kier molecular flexibility index (Phi) is 7.04. The van der Waals surface area contributed by atoms with Gasteiger partial charge >= 0.3 is 0 Å². The Morgan fingerprint density at radius 1 is 1.30 bits per heavy atom. The number of methoxy groups -OCH3 is 1.